The van der Waals surface area contributed by atoms with Crippen LogP contribution in [-0.2, 0) is 9.53 Å². The normalized spacial score (nSPS) is 13.1. The van der Waals surface area contributed by atoms with E-state index in [-0.39, 0.29) is 0 Å². The van der Waals surface area contributed by atoms with Gasteiger partial charge < -0.3 is 0 Å². The van der Waals surface area contributed by atoms with Crippen LogP contribution in [0.4, 0.5) is 4.79 Å². The van der Waals surface area contributed by atoms with E-state index in [1.165, 1.54) is 16.9 Å². The summed E-state index contributed by atoms with van der Waals surface area (Å²) in [5.74, 6) is -1.03. The molecule has 0 fully saturated rings. The summed E-state index contributed by atoms with van der Waals surface area (Å²) in [7, 11) is 0. The van der Waals surface area contributed by atoms with Crippen LogP contribution in [0.25, 0.3) is 0 Å². The number of rotatable bonds is 4. The van der Waals surface area contributed by atoms with Gasteiger partial charge in [0.25, 0.3) is 0 Å². The molecule has 0 bridgehead atoms. The first-order valence-corrected chi connectivity index (χ1v) is 6.40. The quantitative estimate of drug-likeness (QED) is 0.731. The Kier molecular flexibility index (Phi) is 5.73. The van der Waals surface area contributed by atoms with E-state index in [0.717, 1.165) is 5.21 Å². The van der Waals surface area contributed by atoms with Crippen LogP contribution >= 0.6 is 0 Å². The molecule has 15 heavy (non-hydrogen) atoms. The summed E-state index contributed by atoms with van der Waals surface area (Å²) in [5, 5.41) is 11.9. The van der Waals surface area contributed by atoms with Crippen LogP contribution in [0.1, 0.15) is 27.2 Å². The molecule has 0 aromatic heterocycles. The molecule has 0 aliphatic carbocycles. The number of hydrogen-bond donors (Lipinski definition) is 2. The molecule has 88 valence electrons. The Labute approximate surface area is 98.1 Å². The molecular formula is C9H18AsNO4. The molecule has 2 N–H and O–H groups in total. The molecule has 2 unspecified atom stereocenters. The first-order chi connectivity index (χ1) is 6.76. The number of carboxylic acids is 1. The van der Waals surface area contributed by atoms with Crippen molar-refractivity contribution in [1.29, 1.82) is 0 Å². The van der Waals surface area contributed by atoms with Crippen LogP contribution in [0.5, 0.6) is 0 Å². The van der Waals surface area contributed by atoms with Gasteiger partial charge in [-0.2, -0.15) is 0 Å². The van der Waals surface area contributed by atoms with Crippen molar-refractivity contribution in [2.24, 2.45) is 0 Å². The van der Waals surface area contributed by atoms with Gasteiger partial charge in [-0.1, -0.05) is 0 Å². The number of hydrogen-bond acceptors (Lipinski definition) is 3. The molecular weight excluding hydrogens is 261 g/mol. The third kappa shape index (κ3) is 7.25. The molecule has 0 rings (SSSR count). The molecule has 0 aliphatic rings. The van der Waals surface area contributed by atoms with Crippen LogP contribution in [-0.4, -0.2) is 45.7 Å². The molecule has 0 spiro atoms. The van der Waals surface area contributed by atoms with Gasteiger partial charge in [-0.3, -0.25) is 0 Å². The van der Waals surface area contributed by atoms with Gasteiger partial charge in [-0.25, -0.2) is 0 Å². The van der Waals surface area contributed by atoms with E-state index >= 15 is 0 Å². The number of aliphatic carboxylic acids is 1. The van der Waals surface area contributed by atoms with E-state index in [0.29, 0.717) is 6.42 Å². The zero-order chi connectivity index (χ0) is 12.1. The number of amides is 1. The summed E-state index contributed by atoms with van der Waals surface area (Å²) in [5.41, 5.74) is -0.608. The minimum absolute atomic E-state index is 0.425. The second kappa shape index (κ2) is 6.01. The second-order valence-electron chi connectivity index (χ2n) is 4.11. The van der Waals surface area contributed by atoms with Gasteiger partial charge in [-0.15, -0.1) is 0 Å². The van der Waals surface area contributed by atoms with Crippen LogP contribution in [0.3, 0.4) is 0 Å². The molecule has 0 heterocycles. The maximum atomic E-state index is 11.3. The molecule has 1 amide bonds. The van der Waals surface area contributed by atoms with Gasteiger partial charge in [0.05, 0.1) is 0 Å². The third-order valence-corrected chi connectivity index (χ3v) is 2.14. The Hall–Kier alpha value is -0.702. The number of carbonyl (C=O) groups is 2. The molecule has 5 nitrogen and oxygen atoms in total. The van der Waals surface area contributed by atoms with Gasteiger partial charge in [-0.05, 0) is 0 Å². The zero-order valence-corrected chi connectivity index (χ0v) is 11.7. The first kappa shape index (κ1) is 14.3. The summed E-state index contributed by atoms with van der Waals surface area (Å²) < 4.78 is 4.96. The summed E-state index contributed by atoms with van der Waals surface area (Å²) in [6.07, 6.45) is -0.259. The van der Waals surface area contributed by atoms with Crippen molar-refractivity contribution in [3.63, 3.8) is 0 Å². The zero-order valence-electron chi connectivity index (χ0n) is 9.24. The van der Waals surface area contributed by atoms with Crippen molar-refractivity contribution in [3.8, 4) is 0 Å². The van der Waals surface area contributed by atoms with Crippen molar-refractivity contribution in [2.45, 2.75) is 44.0 Å². The van der Waals surface area contributed by atoms with Crippen LogP contribution < -0.4 is 5.32 Å². The molecule has 0 aliphatic heterocycles. The van der Waals surface area contributed by atoms with E-state index in [1.54, 1.807) is 20.8 Å². The minimum atomic E-state index is -1.03. The fourth-order valence-corrected chi connectivity index (χ4v) is 1.57. The first-order valence-electron chi connectivity index (χ1n) is 4.68. The Morgan fingerprint density at radius 3 is 2.33 bits per heavy atom. The molecule has 0 aromatic rings. The standard InChI is InChI=1S/C9H18AsNO4/c1-9(2,3)15-8(14)11-6(4-5-10)7(12)13/h6H,4-5,10H2,1-3H3,(H,11,14)(H,12,13). The van der Waals surface area contributed by atoms with E-state index in [9.17, 15) is 9.59 Å². The van der Waals surface area contributed by atoms with E-state index in [4.69, 9.17) is 9.84 Å². The SMILES string of the molecule is CC(C)(C)OC(=O)NC(CC[AsH2])C(=O)O. The van der Waals surface area contributed by atoms with Crippen LogP contribution in [0.2, 0.25) is 5.21 Å². The molecule has 0 saturated heterocycles. The summed E-state index contributed by atoms with van der Waals surface area (Å²) >= 11 is 1.43. The fourth-order valence-electron chi connectivity index (χ4n) is 0.874. The number of nitrogens with one attached hydrogen (secondary N) is 1. The molecule has 0 saturated carbocycles. The maximum absolute atomic E-state index is 11.3. The van der Waals surface area contributed by atoms with E-state index < -0.39 is 23.7 Å². The van der Waals surface area contributed by atoms with E-state index in [2.05, 4.69) is 5.32 Å². The van der Waals surface area contributed by atoms with Gasteiger partial charge in [0, 0.05) is 0 Å². The summed E-state index contributed by atoms with van der Waals surface area (Å²) in [4.78, 5) is 22.0. The Morgan fingerprint density at radius 2 is 2.00 bits per heavy atom. The topological polar surface area (TPSA) is 75.6 Å². The number of ether oxygens (including phenoxy) is 1. The summed E-state index contributed by atoms with van der Waals surface area (Å²) in [6, 6.07) is -0.855. The Bertz CT molecular complexity index is 237. The van der Waals surface area contributed by atoms with Gasteiger partial charge in [0.1, 0.15) is 0 Å². The Balaban J connectivity index is 4.18. The van der Waals surface area contributed by atoms with Gasteiger partial charge in [0.15, 0.2) is 0 Å². The number of alkyl carbamates (subject to hydrolysis) is 1. The van der Waals surface area contributed by atoms with Gasteiger partial charge >= 0.3 is 97.7 Å². The van der Waals surface area contributed by atoms with Crippen molar-refractivity contribution in [3.05, 3.63) is 0 Å². The summed E-state index contributed by atoms with van der Waals surface area (Å²) in [6.45, 7) is 5.18. The van der Waals surface area contributed by atoms with E-state index in [1.807, 2.05) is 0 Å². The molecule has 0 radical (unpaired) electrons. The average Bonchev–Trinajstić information content (AvgIpc) is 1.99. The Morgan fingerprint density at radius 1 is 1.47 bits per heavy atom. The van der Waals surface area contributed by atoms with Crippen molar-refractivity contribution in [2.75, 3.05) is 0 Å². The van der Waals surface area contributed by atoms with Crippen LogP contribution in [0.15, 0.2) is 0 Å². The average molecular weight is 279 g/mol. The predicted octanol–water partition coefficient (Wildman–Crippen LogP) is 0.406. The van der Waals surface area contributed by atoms with Crippen molar-refractivity contribution < 1.29 is 19.4 Å². The second-order valence-corrected chi connectivity index (χ2v) is 5.33. The van der Waals surface area contributed by atoms with Crippen molar-refractivity contribution in [1.82, 2.24) is 5.32 Å². The van der Waals surface area contributed by atoms with Gasteiger partial charge in [0.2, 0.25) is 0 Å². The van der Waals surface area contributed by atoms with Crippen LogP contribution in [0, 0.1) is 0 Å². The predicted molar refractivity (Wildman–Crippen MR) is 58.8 cm³/mol. The fraction of sp³-hybridized carbons (Fsp3) is 0.778. The third-order valence-electron chi connectivity index (χ3n) is 1.44. The van der Waals surface area contributed by atoms with Crippen molar-refractivity contribution >= 4 is 28.9 Å². The number of carbonyl (C=O) groups excluding carboxylic acids is 1. The number of carboxylic acid groups (broad SMARTS) is 1. The molecule has 2 atom stereocenters. The monoisotopic (exact) mass is 279 g/mol. The molecule has 0 aromatic carbocycles. The molecule has 6 heteroatoms.